The molecule has 0 spiro atoms. The summed E-state index contributed by atoms with van der Waals surface area (Å²) in [6, 6.07) is 17.7. The number of carbonyl (C=O) groups excluding carboxylic acids is 3. The van der Waals surface area contributed by atoms with Crippen LogP contribution in [0.1, 0.15) is 22.3 Å². The molecule has 0 saturated carbocycles. The Morgan fingerprint density at radius 3 is 2.24 bits per heavy atom. The first-order valence-corrected chi connectivity index (χ1v) is 10.1. The highest BCUT2D eigenvalue weighted by Gasteiger charge is 2.26. The van der Waals surface area contributed by atoms with Crippen LogP contribution in [0.5, 0.6) is 5.75 Å². The highest BCUT2D eigenvalue weighted by Crippen LogP contribution is 2.22. The van der Waals surface area contributed by atoms with E-state index in [-0.39, 0.29) is 11.3 Å². The lowest BCUT2D eigenvalue weighted by atomic mass is 10.1. The maximum absolute atomic E-state index is 13.3. The molecule has 0 bridgehead atoms. The SMILES string of the molecule is COc1ccc(N(C(=O)CC(=O)N/N=C/c2ccc(Cl)cc2)C(=O)c2ccc(F)cc2)cc1. The first-order valence-electron chi connectivity index (χ1n) is 9.72. The molecule has 0 fully saturated rings. The second-order valence-electron chi connectivity index (χ2n) is 6.76. The standard InChI is InChI=1S/C24H19ClFN3O4/c1-33-21-12-10-20(11-13-21)29(24(32)17-4-8-19(26)9-5-17)23(31)14-22(30)28-27-15-16-2-6-18(25)7-3-16/h2-13,15H,14H2,1H3,(H,28,30)/b27-15+. The maximum Gasteiger partial charge on any atom is 0.265 e. The number of nitrogens with zero attached hydrogens (tertiary/aromatic N) is 2. The third kappa shape index (κ3) is 6.47. The minimum Gasteiger partial charge on any atom is -0.497 e. The lowest BCUT2D eigenvalue weighted by Gasteiger charge is -2.21. The molecule has 0 aliphatic heterocycles. The summed E-state index contributed by atoms with van der Waals surface area (Å²) >= 11 is 5.82. The third-order valence-electron chi connectivity index (χ3n) is 4.46. The molecule has 9 heteroatoms. The molecule has 168 valence electrons. The number of hydrogen-bond acceptors (Lipinski definition) is 5. The summed E-state index contributed by atoms with van der Waals surface area (Å²) in [7, 11) is 1.48. The monoisotopic (exact) mass is 467 g/mol. The van der Waals surface area contributed by atoms with E-state index < -0.39 is 30.0 Å². The fourth-order valence-electron chi connectivity index (χ4n) is 2.81. The van der Waals surface area contributed by atoms with Crippen molar-refractivity contribution in [1.29, 1.82) is 0 Å². The van der Waals surface area contributed by atoms with Gasteiger partial charge in [-0.1, -0.05) is 23.7 Å². The van der Waals surface area contributed by atoms with Crippen molar-refractivity contribution in [2.45, 2.75) is 6.42 Å². The quantitative estimate of drug-likeness (QED) is 0.320. The van der Waals surface area contributed by atoms with Gasteiger partial charge in [0.15, 0.2) is 0 Å². The first-order chi connectivity index (χ1) is 15.9. The van der Waals surface area contributed by atoms with Crippen molar-refractivity contribution in [2.75, 3.05) is 12.0 Å². The normalized spacial score (nSPS) is 10.6. The number of anilines is 1. The van der Waals surface area contributed by atoms with Crippen LogP contribution in [0.4, 0.5) is 10.1 Å². The Morgan fingerprint density at radius 1 is 1.00 bits per heavy atom. The molecule has 0 aliphatic rings. The van der Waals surface area contributed by atoms with Gasteiger partial charge in [0, 0.05) is 10.6 Å². The number of carbonyl (C=O) groups is 3. The molecule has 0 heterocycles. The molecule has 7 nitrogen and oxygen atoms in total. The van der Waals surface area contributed by atoms with Crippen molar-refractivity contribution in [2.24, 2.45) is 5.10 Å². The van der Waals surface area contributed by atoms with Crippen LogP contribution in [0.15, 0.2) is 77.9 Å². The average molecular weight is 468 g/mol. The predicted octanol–water partition coefficient (Wildman–Crippen LogP) is 4.20. The molecule has 1 N–H and O–H groups in total. The summed E-state index contributed by atoms with van der Waals surface area (Å²) in [5.74, 6) is -2.20. The van der Waals surface area contributed by atoms with Gasteiger partial charge in [0.1, 0.15) is 18.0 Å². The fraction of sp³-hybridized carbons (Fsp3) is 0.0833. The van der Waals surface area contributed by atoms with E-state index in [0.29, 0.717) is 16.3 Å². The summed E-state index contributed by atoms with van der Waals surface area (Å²) in [6.45, 7) is 0. The highest BCUT2D eigenvalue weighted by molar-refractivity contribution is 6.30. The lowest BCUT2D eigenvalue weighted by molar-refractivity contribution is -0.127. The summed E-state index contributed by atoms with van der Waals surface area (Å²) in [6.07, 6.45) is 0.751. The van der Waals surface area contributed by atoms with Gasteiger partial charge >= 0.3 is 0 Å². The van der Waals surface area contributed by atoms with Gasteiger partial charge in [0.25, 0.3) is 5.91 Å². The van der Waals surface area contributed by atoms with E-state index in [2.05, 4.69) is 10.5 Å². The summed E-state index contributed by atoms with van der Waals surface area (Å²) in [5, 5.41) is 4.37. The zero-order valence-corrected chi connectivity index (χ0v) is 18.3. The number of hydrazone groups is 1. The van der Waals surface area contributed by atoms with Gasteiger partial charge in [-0.05, 0) is 66.2 Å². The third-order valence-corrected chi connectivity index (χ3v) is 4.71. The van der Waals surface area contributed by atoms with Gasteiger partial charge in [0.05, 0.1) is 19.0 Å². The Balaban J connectivity index is 1.76. The number of imide groups is 1. The molecular weight excluding hydrogens is 449 g/mol. The van der Waals surface area contributed by atoms with Crippen molar-refractivity contribution >= 4 is 41.2 Å². The van der Waals surface area contributed by atoms with E-state index in [1.807, 2.05) is 0 Å². The molecule has 0 unspecified atom stereocenters. The van der Waals surface area contributed by atoms with Crippen LogP contribution in [-0.2, 0) is 9.59 Å². The largest absolute Gasteiger partial charge is 0.497 e. The van der Waals surface area contributed by atoms with Crippen LogP contribution in [-0.4, -0.2) is 31.0 Å². The predicted molar refractivity (Wildman–Crippen MR) is 123 cm³/mol. The number of ether oxygens (including phenoxy) is 1. The van der Waals surface area contributed by atoms with Gasteiger partial charge in [-0.15, -0.1) is 0 Å². The molecule has 3 aromatic rings. The zero-order chi connectivity index (χ0) is 23.8. The van der Waals surface area contributed by atoms with E-state index in [4.69, 9.17) is 16.3 Å². The second-order valence-corrected chi connectivity index (χ2v) is 7.20. The maximum atomic E-state index is 13.3. The van der Waals surface area contributed by atoms with Crippen LogP contribution in [0.2, 0.25) is 5.02 Å². The fourth-order valence-corrected chi connectivity index (χ4v) is 2.94. The minimum atomic E-state index is -0.784. The molecule has 0 aromatic heterocycles. The highest BCUT2D eigenvalue weighted by atomic mass is 35.5. The van der Waals surface area contributed by atoms with Gasteiger partial charge < -0.3 is 4.74 Å². The first kappa shape index (κ1) is 23.6. The number of rotatable bonds is 7. The number of benzene rings is 3. The molecule has 0 aliphatic carbocycles. The molecular formula is C24H19ClFN3O4. The molecule has 3 aromatic carbocycles. The molecule has 3 rings (SSSR count). The van der Waals surface area contributed by atoms with Crippen LogP contribution >= 0.6 is 11.6 Å². The molecule has 0 atom stereocenters. The Labute approximate surface area is 194 Å². The lowest BCUT2D eigenvalue weighted by Crippen LogP contribution is -2.39. The van der Waals surface area contributed by atoms with E-state index in [0.717, 1.165) is 17.0 Å². The van der Waals surface area contributed by atoms with E-state index in [9.17, 15) is 18.8 Å². The number of halogens is 2. The van der Waals surface area contributed by atoms with Crippen molar-refractivity contribution in [3.05, 3.63) is 94.8 Å². The topological polar surface area (TPSA) is 88.1 Å². The number of hydrogen-bond donors (Lipinski definition) is 1. The summed E-state index contributed by atoms with van der Waals surface area (Å²) in [4.78, 5) is 39.1. The number of amides is 3. The minimum absolute atomic E-state index is 0.0849. The van der Waals surface area contributed by atoms with Crippen LogP contribution in [0.3, 0.4) is 0 Å². The molecule has 3 amide bonds. The molecule has 0 radical (unpaired) electrons. The van der Waals surface area contributed by atoms with E-state index >= 15 is 0 Å². The van der Waals surface area contributed by atoms with Crippen LogP contribution < -0.4 is 15.1 Å². The Morgan fingerprint density at radius 2 is 1.64 bits per heavy atom. The van der Waals surface area contributed by atoms with Gasteiger partial charge in [-0.3, -0.25) is 14.4 Å². The van der Waals surface area contributed by atoms with Crippen molar-refractivity contribution < 1.29 is 23.5 Å². The Bertz CT molecular complexity index is 1160. The van der Waals surface area contributed by atoms with Crippen molar-refractivity contribution in [1.82, 2.24) is 5.43 Å². The van der Waals surface area contributed by atoms with E-state index in [1.165, 1.54) is 37.6 Å². The summed E-state index contributed by atoms with van der Waals surface area (Å²) < 4.78 is 18.4. The van der Waals surface area contributed by atoms with Crippen LogP contribution in [0, 0.1) is 5.82 Å². The van der Waals surface area contributed by atoms with Gasteiger partial charge in [-0.2, -0.15) is 5.10 Å². The van der Waals surface area contributed by atoms with Crippen molar-refractivity contribution in [3.8, 4) is 5.75 Å². The second kappa shape index (κ2) is 11.0. The Kier molecular flexibility index (Phi) is 7.88. The van der Waals surface area contributed by atoms with Crippen LogP contribution in [0.25, 0.3) is 0 Å². The average Bonchev–Trinajstić information content (AvgIpc) is 2.81. The molecule has 0 saturated heterocycles. The van der Waals surface area contributed by atoms with E-state index in [1.54, 1.807) is 36.4 Å². The number of nitrogens with one attached hydrogen (secondary N) is 1. The van der Waals surface area contributed by atoms with Gasteiger partial charge in [0.2, 0.25) is 11.8 Å². The Hall–Kier alpha value is -4.04. The smallest absolute Gasteiger partial charge is 0.265 e. The number of methoxy groups -OCH3 is 1. The van der Waals surface area contributed by atoms with Crippen molar-refractivity contribution in [3.63, 3.8) is 0 Å². The van der Waals surface area contributed by atoms with Gasteiger partial charge in [-0.25, -0.2) is 14.7 Å². The molecule has 33 heavy (non-hydrogen) atoms. The summed E-state index contributed by atoms with van der Waals surface area (Å²) in [5.41, 5.74) is 3.26. The zero-order valence-electron chi connectivity index (χ0n) is 17.5.